The average Bonchev–Trinajstić information content (AvgIpc) is 2.73. The van der Waals surface area contributed by atoms with E-state index in [0.717, 1.165) is 17.9 Å². The number of nitrogens with zero attached hydrogens (tertiary/aromatic N) is 2. The second kappa shape index (κ2) is 9.68. The number of hydrogen-bond acceptors (Lipinski definition) is 6. The third kappa shape index (κ3) is 5.24. The highest BCUT2D eigenvalue weighted by atomic mass is 32.2. The fraction of sp³-hybridized carbons (Fsp3) is 0.455. The van der Waals surface area contributed by atoms with Crippen molar-refractivity contribution in [1.82, 2.24) is 9.21 Å². The molecule has 3 rings (SSSR count). The summed E-state index contributed by atoms with van der Waals surface area (Å²) in [6.45, 7) is 6.91. The molecule has 2 aromatic carbocycles. The fourth-order valence-electron chi connectivity index (χ4n) is 3.50. The van der Waals surface area contributed by atoms with Crippen LogP contribution >= 0.6 is 0 Å². The van der Waals surface area contributed by atoms with E-state index in [1.54, 1.807) is 12.1 Å². The summed E-state index contributed by atoms with van der Waals surface area (Å²) in [5.74, 6) is 1.66. The highest BCUT2D eigenvalue weighted by molar-refractivity contribution is 7.89. The summed E-state index contributed by atoms with van der Waals surface area (Å²) >= 11 is 0. The van der Waals surface area contributed by atoms with E-state index in [1.807, 2.05) is 32.0 Å². The number of benzene rings is 2. The number of sulfonamides is 1. The van der Waals surface area contributed by atoms with Gasteiger partial charge < -0.3 is 14.2 Å². The Kier molecular flexibility index (Phi) is 7.23. The number of methoxy groups -OCH3 is 2. The Bertz CT molecular complexity index is 954. The first-order valence-electron chi connectivity index (χ1n) is 10.0. The van der Waals surface area contributed by atoms with Gasteiger partial charge in [-0.25, -0.2) is 8.42 Å². The van der Waals surface area contributed by atoms with Crippen molar-refractivity contribution in [3.8, 4) is 17.2 Å². The van der Waals surface area contributed by atoms with Gasteiger partial charge in [0.1, 0.15) is 22.1 Å². The zero-order valence-electron chi connectivity index (χ0n) is 18.0. The molecule has 1 saturated heterocycles. The van der Waals surface area contributed by atoms with Gasteiger partial charge in [0.25, 0.3) is 0 Å². The summed E-state index contributed by atoms with van der Waals surface area (Å²) in [7, 11) is -0.692. The lowest BCUT2D eigenvalue weighted by Crippen LogP contribution is -2.48. The SMILES string of the molecule is COc1ccc(OC)c(S(=O)(=O)N2CCN(Cc3cccc(OC(C)C)c3)CC2)c1. The number of hydrogen-bond donors (Lipinski definition) is 0. The lowest BCUT2D eigenvalue weighted by atomic mass is 10.2. The molecule has 164 valence electrons. The van der Waals surface area contributed by atoms with E-state index in [2.05, 4.69) is 11.0 Å². The van der Waals surface area contributed by atoms with Gasteiger partial charge in [0.15, 0.2) is 0 Å². The largest absolute Gasteiger partial charge is 0.497 e. The van der Waals surface area contributed by atoms with Crippen LogP contribution in [-0.4, -0.2) is 64.1 Å². The van der Waals surface area contributed by atoms with Gasteiger partial charge in [-0.15, -0.1) is 0 Å². The Hall–Kier alpha value is -2.29. The molecule has 0 N–H and O–H groups in total. The zero-order chi connectivity index (χ0) is 21.7. The maximum absolute atomic E-state index is 13.2. The third-order valence-electron chi connectivity index (χ3n) is 5.00. The van der Waals surface area contributed by atoms with Crippen molar-refractivity contribution < 1.29 is 22.6 Å². The quantitative estimate of drug-likeness (QED) is 0.636. The van der Waals surface area contributed by atoms with Crippen molar-refractivity contribution in [2.75, 3.05) is 40.4 Å². The Morgan fingerprint density at radius 3 is 2.30 bits per heavy atom. The van der Waals surface area contributed by atoms with Crippen LogP contribution in [0.4, 0.5) is 0 Å². The van der Waals surface area contributed by atoms with Crippen molar-refractivity contribution in [3.63, 3.8) is 0 Å². The van der Waals surface area contributed by atoms with Gasteiger partial charge in [-0.2, -0.15) is 4.31 Å². The summed E-state index contributed by atoms with van der Waals surface area (Å²) in [4.78, 5) is 2.39. The highest BCUT2D eigenvalue weighted by Crippen LogP contribution is 2.31. The zero-order valence-corrected chi connectivity index (χ0v) is 18.8. The number of ether oxygens (including phenoxy) is 3. The van der Waals surface area contributed by atoms with Crippen LogP contribution in [0.3, 0.4) is 0 Å². The Morgan fingerprint density at radius 2 is 1.67 bits per heavy atom. The molecule has 1 fully saturated rings. The molecule has 0 bridgehead atoms. The van der Waals surface area contributed by atoms with Crippen LogP contribution in [0.2, 0.25) is 0 Å². The topological polar surface area (TPSA) is 68.3 Å². The number of rotatable bonds is 8. The van der Waals surface area contributed by atoms with E-state index in [4.69, 9.17) is 14.2 Å². The van der Waals surface area contributed by atoms with E-state index in [1.165, 1.54) is 24.6 Å². The number of piperazine rings is 1. The molecule has 0 amide bonds. The van der Waals surface area contributed by atoms with Gasteiger partial charge >= 0.3 is 0 Å². The van der Waals surface area contributed by atoms with Crippen LogP contribution in [0.5, 0.6) is 17.2 Å². The Balaban J connectivity index is 1.67. The molecule has 0 saturated carbocycles. The molecule has 8 heteroatoms. The molecule has 30 heavy (non-hydrogen) atoms. The Morgan fingerprint density at radius 1 is 0.933 bits per heavy atom. The minimum absolute atomic E-state index is 0.127. The van der Waals surface area contributed by atoms with Crippen LogP contribution in [0.1, 0.15) is 19.4 Å². The second-order valence-electron chi connectivity index (χ2n) is 7.51. The van der Waals surface area contributed by atoms with Crippen molar-refractivity contribution in [3.05, 3.63) is 48.0 Å². The van der Waals surface area contributed by atoms with Gasteiger partial charge in [0.2, 0.25) is 10.0 Å². The summed E-state index contributed by atoms with van der Waals surface area (Å²) in [6, 6.07) is 12.9. The van der Waals surface area contributed by atoms with Gasteiger partial charge in [-0.05, 0) is 43.7 Å². The first-order chi connectivity index (χ1) is 14.3. The van der Waals surface area contributed by atoms with Crippen molar-refractivity contribution in [2.24, 2.45) is 0 Å². The van der Waals surface area contributed by atoms with E-state index in [9.17, 15) is 8.42 Å². The summed E-state index contributed by atoms with van der Waals surface area (Å²) < 4.78 is 44.2. The summed E-state index contributed by atoms with van der Waals surface area (Å²) in [5.41, 5.74) is 1.15. The maximum Gasteiger partial charge on any atom is 0.246 e. The molecule has 0 radical (unpaired) electrons. The van der Waals surface area contributed by atoms with Gasteiger partial charge in [0, 0.05) is 38.8 Å². The molecule has 0 aromatic heterocycles. The second-order valence-corrected chi connectivity index (χ2v) is 9.42. The standard InChI is InChI=1S/C22H30N2O5S/c1-17(2)29-20-7-5-6-18(14-20)16-23-10-12-24(13-11-23)30(25,26)22-15-19(27-3)8-9-21(22)28-4/h5-9,14-15,17H,10-13,16H2,1-4H3. The maximum atomic E-state index is 13.2. The molecular formula is C22H30N2O5S. The predicted molar refractivity (Wildman–Crippen MR) is 116 cm³/mol. The first-order valence-corrected chi connectivity index (χ1v) is 11.5. The lowest BCUT2D eigenvalue weighted by molar-refractivity contribution is 0.181. The highest BCUT2D eigenvalue weighted by Gasteiger charge is 2.31. The van der Waals surface area contributed by atoms with Crippen LogP contribution in [0, 0.1) is 0 Å². The smallest absolute Gasteiger partial charge is 0.246 e. The average molecular weight is 435 g/mol. The monoisotopic (exact) mass is 434 g/mol. The normalized spacial score (nSPS) is 15.9. The van der Waals surface area contributed by atoms with E-state index >= 15 is 0 Å². The molecule has 0 atom stereocenters. The molecule has 0 unspecified atom stereocenters. The van der Waals surface area contributed by atoms with E-state index < -0.39 is 10.0 Å². The van der Waals surface area contributed by atoms with Crippen molar-refractivity contribution >= 4 is 10.0 Å². The van der Waals surface area contributed by atoms with Gasteiger partial charge in [-0.1, -0.05) is 12.1 Å². The summed E-state index contributed by atoms with van der Waals surface area (Å²) in [6.07, 6.45) is 0.127. The van der Waals surface area contributed by atoms with Crippen molar-refractivity contribution in [1.29, 1.82) is 0 Å². The van der Waals surface area contributed by atoms with E-state index in [-0.39, 0.29) is 11.0 Å². The molecule has 2 aromatic rings. The van der Waals surface area contributed by atoms with E-state index in [0.29, 0.717) is 37.7 Å². The van der Waals surface area contributed by atoms with Crippen LogP contribution in [0.25, 0.3) is 0 Å². The van der Waals surface area contributed by atoms with Gasteiger partial charge in [-0.3, -0.25) is 4.90 Å². The molecular weight excluding hydrogens is 404 g/mol. The Labute approximate surface area is 179 Å². The molecule has 1 aliphatic heterocycles. The summed E-state index contributed by atoms with van der Waals surface area (Å²) in [5, 5.41) is 0. The minimum Gasteiger partial charge on any atom is -0.497 e. The van der Waals surface area contributed by atoms with Crippen LogP contribution < -0.4 is 14.2 Å². The molecule has 0 aliphatic carbocycles. The molecule has 7 nitrogen and oxygen atoms in total. The fourth-order valence-corrected chi connectivity index (χ4v) is 5.09. The van der Waals surface area contributed by atoms with Gasteiger partial charge in [0.05, 0.1) is 20.3 Å². The minimum atomic E-state index is -3.67. The lowest BCUT2D eigenvalue weighted by Gasteiger charge is -2.34. The van der Waals surface area contributed by atoms with Crippen molar-refractivity contribution in [2.45, 2.75) is 31.4 Å². The molecule has 1 heterocycles. The van der Waals surface area contributed by atoms with Crippen LogP contribution in [0.15, 0.2) is 47.4 Å². The molecule has 0 spiro atoms. The van der Waals surface area contributed by atoms with Crippen LogP contribution in [-0.2, 0) is 16.6 Å². The molecule has 1 aliphatic rings. The predicted octanol–water partition coefficient (Wildman–Crippen LogP) is 3.00. The third-order valence-corrected chi connectivity index (χ3v) is 6.92. The first kappa shape index (κ1) is 22.4.